The van der Waals surface area contributed by atoms with Crippen molar-refractivity contribution in [2.75, 3.05) is 59.2 Å². The van der Waals surface area contributed by atoms with Gasteiger partial charge in [-0.2, -0.15) is 4.31 Å². The average molecular weight is 567 g/mol. The Morgan fingerprint density at radius 2 is 1.56 bits per heavy atom. The summed E-state index contributed by atoms with van der Waals surface area (Å²) in [5.74, 6) is 0.788. The lowest BCUT2D eigenvalue weighted by molar-refractivity contribution is 0.0369. The zero-order valence-corrected chi connectivity index (χ0v) is 23.6. The van der Waals surface area contributed by atoms with Crippen LogP contribution in [0.2, 0.25) is 0 Å². The van der Waals surface area contributed by atoms with Gasteiger partial charge in [-0.25, -0.2) is 13.4 Å². The van der Waals surface area contributed by atoms with Crippen molar-refractivity contribution in [3.8, 4) is 0 Å². The molecule has 3 heterocycles. The number of imidazole rings is 1. The number of nitrogens with zero attached hydrogens (tertiary/aromatic N) is 4. The molecule has 8 nitrogen and oxygen atoms in total. The van der Waals surface area contributed by atoms with Crippen LogP contribution in [-0.4, -0.2) is 86.3 Å². The summed E-state index contributed by atoms with van der Waals surface area (Å²) in [6, 6.07) is 20.4. The van der Waals surface area contributed by atoms with E-state index < -0.39 is 10.0 Å². The standard InChI is InChI=1S/C29H34N4O4S2/c34-39(35,32-14-18-37-19-15-32)26-8-9-28-27(21-26)30-29(33(28)11-3-10-31-12-16-36-17-13-31)38-22-23-6-7-24-4-1-2-5-25(24)20-23/h1-2,4-9,20-21H,3,10-19,22H2. The van der Waals surface area contributed by atoms with Gasteiger partial charge in [0.05, 0.1) is 42.4 Å². The van der Waals surface area contributed by atoms with Crippen molar-refractivity contribution in [2.45, 2.75) is 28.8 Å². The fourth-order valence-corrected chi connectivity index (χ4v) is 7.68. The molecule has 2 aliphatic heterocycles. The van der Waals surface area contributed by atoms with Crippen LogP contribution >= 0.6 is 11.8 Å². The number of hydrogen-bond acceptors (Lipinski definition) is 7. The Morgan fingerprint density at radius 1 is 0.821 bits per heavy atom. The molecule has 6 rings (SSSR count). The molecule has 1 aromatic heterocycles. The largest absolute Gasteiger partial charge is 0.379 e. The lowest BCUT2D eigenvalue weighted by Crippen LogP contribution is -2.40. The maximum Gasteiger partial charge on any atom is 0.243 e. The number of aryl methyl sites for hydroxylation is 1. The minimum absolute atomic E-state index is 0.293. The number of benzene rings is 3. The Morgan fingerprint density at radius 3 is 2.36 bits per heavy atom. The van der Waals surface area contributed by atoms with E-state index in [4.69, 9.17) is 14.5 Å². The van der Waals surface area contributed by atoms with Gasteiger partial charge in [0.2, 0.25) is 10.0 Å². The first-order valence-electron chi connectivity index (χ1n) is 13.6. The van der Waals surface area contributed by atoms with E-state index in [1.165, 1.54) is 20.6 Å². The molecule has 10 heteroatoms. The van der Waals surface area contributed by atoms with Gasteiger partial charge in [0.15, 0.2) is 5.16 Å². The number of hydrogen-bond donors (Lipinski definition) is 0. The van der Waals surface area contributed by atoms with Crippen LogP contribution in [0.1, 0.15) is 12.0 Å². The maximum absolute atomic E-state index is 13.3. The van der Waals surface area contributed by atoms with E-state index in [9.17, 15) is 8.42 Å². The summed E-state index contributed by atoms with van der Waals surface area (Å²) in [5.41, 5.74) is 2.93. The number of thioether (sulfide) groups is 1. The van der Waals surface area contributed by atoms with Crippen LogP contribution in [0.4, 0.5) is 0 Å². The van der Waals surface area contributed by atoms with Crippen molar-refractivity contribution in [3.05, 3.63) is 66.2 Å². The van der Waals surface area contributed by atoms with E-state index >= 15 is 0 Å². The van der Waals surface area contributed by atoms with Crippen molar-refractivity contribution in [1.29, 1.82) is 0 Å². The molecule has 4 aromatic rings. The van der Waals surface area contributed by atoms with Crippen LogP contribution in [0, 0.1) is 0 Å². The summed E-state index contributed by atoms with van der Waals surface area (Å²) in [7, 11) is -3.59. The SMILES string of the molecule is O=S(=O)(c1ccc2c(c1)nc(SCc1ccc3ccccc3c1)n2CCCN1CCOCC1)N1CCOCC1. The molecule has 0 aliphatic carbocycles. The molecule has 0 bridgehead atoms. The number of rotatable bonds is 9. The summed E-state index contributed by atoms with van der Waals surface area (Å²) < 4.78 is 41.2. The van der Waals surface area contributed by atoms with E-state index in [0.29, 0.717) is 31.2 Å². The average Bonchev–Trinajstić information content (AvgIpc) is 3.33. The highest BCUT2D eigenvalue weighted by Gasteiger charge is 2.27. The predicted molar refractivity (Wildman–Crippen MR) is 155 cm³/mol. The molecule has 3 aromatic carbocycles. The van der Waals surface area contributed by atoms with Crippen molar-refractivity contribution in [3.63, 3.8) is 0 Å². The predicted octanol–water partition coefficient (Wildman–Crippen LogP) is 4.23. The van der Waals surface area contributed by atoms with Crippen LogP contribution in [0.15, 0.2) is 70.7 Å². The number of sulfonamides is 1. The number of aromatic nitrogens is 2. The molecular formula is C29H34N4O4S2. The first-order chi connectivity index (χ1) is 19.1. The second-order valence-electron chi connectivity index (χ2n) is 9.99. The van der Waals surface area contributed by atoms with E-state index in [1.54, 1.807) is 23.9 Å². The summed E-state index contributed by atoms with van der Waals surface area (Å²) in [6.45, 7) is 6.96. The number of morpholine rings is 2. The second kappa shape index (κ2) is 12.0. The summed E-state index contributed by atoms with van der Waals surface area (Å²) >= 11 is 1.70. The lowest BCUT2D eigenvalue weighted by atomic mass is 10.1. The van der Waals surface area contributed by atoms with Crippen LogP contribution in [0.25, 0.3) is 21.8 Å². The van der Waals surface area contributed by atoms with E-state index in [1.807, 2.05) is 6.07 Å². The lowest BCUT2D eigenvalue weighted by Gasteiger charge is -2.26. The topological polar surface area (TPSA) is 76.9 Å². The molecule has 0 atom stereocenters. The monoisotopic (exact) mass is 566 g/mol. The Bertz CT molecular complexity index is 1540. The fourth-order valence-electron chi connectivity index (χ4n) is 5.26. The van der Waals surface area contributed by atoms with Crippen LogP contribution in [0.5, 0.6) is 0 Å². The van der Waals surface area contributed by atoms with E-state index in [0.717, 1.165) is 67.8 Å². The zero-order chi connectivity index (χ0) is 26.7. The molecule has 0 amide bonds. The summed E-state index contributed by atoms with van der Waals surface area (Å²) in [4.78, 5) is 7.69. The third-order valence-electron chi connectivity index (χ3n) is 7.43. The molecule has 2 aliphatic rings. The molecule has 0 saturated carbocycles. The highest BCUT2D eigenvalue weighted by atomic mass is 32.2. The van der Waals surface area contributed by atoms with E-state index in [-0.39, 0.29) is 0 Å². The molecular weight excluding hydrogens is 532 g/mol. The smallest absolute Gasteiger partial charge is 0.243 e. The second-order valence-corrected chi connectivity index (χ2v) is 12.9. The molecule has 2 fully saturated rings. The first-order valence-corrected chi connectivity index (χ1v) is 16.0. The molecule has 39 heavy (non-hydrogen) atoms. The Labute approximate surface area is 233 Å². The minimum Gasteiger partial charge on any atom is -0.379 e. The molecule has 0 N–H and O–H groups in total. The number of ether oxygens (including phenoxy) is 2. The Hall–Kier alpha value is -2.47. The normalized spacial score (nSPS) is 17.7. The van der Waals surface area contributed by atoms with Gasteiger partial charge in [-0.15, -0.1) is 0 Å². The molecule has 0 radical (unpaired) electrons. The van der Waals surface area contributed by atoms with Gasteiger partial charge in [-0.3, -0.25) is 4.90 Å². The molecule has 0 spiro atoms. The van der Waals surface area contributed by atoms with Crippen molar-refractivity contribution in [1.82, 2.24) is 18.8 Å². The third kappa shape index (κ3) is 6.01. The Balaban J connectivity index is 1.26. The summed E-state index contributed by atoms with van der Waals surface area (Å²) in [6.07, 6.45) is 0.989. The van der Waals surface area contributed by atoms with Gasteiger partial charge in [0.1, 0.15) is 0 Å². The fraction of sp³-hybridized carbons (Fsp3) is 0.414. The molecule has 2 saturated heterocycles. The number of fused-ring (bicyclic) bond motifs is 2. The van der Waals surface area contributed by atoms with Crippen molar-refractivity contribution >= 4 is 43.6 Å². The van der Waals surface area contributed by atoms with Crippen molar-refractivity contribution < 1.29 is 17.9 Å². The third-order valence-corrected chi connectivity index (χ3v) is 10.4. The van der Waals surface area contributed by atoms with E-state index in [2.05, 4.69) is 51.9 Å². The van der Waals surface area contributed by atoms with Gasteiger partial charge in [-0.1, -0.05) is 54.2 Å². The van der Waals surface area contributed by atoms with Crippen LogP contribution in [0.3, 0.4) is 0 Å². The zero-order valence-electron chi connectivity index (χ0n) is 22.0. The van der Waals surface area contributed by atoms with Crippen LogP contribution in [-0.2, 0) is 31.8 Å². The van der Waals surface area contributed by atoms with Gasteiger partial charge >= 0.3 is 0 Å². The molecule has 0 unspecified atom stereocenters. The van der Waals surface area contributed by atoms with Crippen molar-refractivity contribution in [2.24, 2.45) is 0 Å². The highest BCUT2D eigenvalue weighted by Crippen LogP contribution is 2.30. The van der Waals surface area contributed by atoms with Gasteiger partial charge < -0.3 is 14.0 Å². The van der Waals surface area contributed by atoms with Gasteiger partial charge in [-0.05, 0) is 41.0 Å². The summed E-state index contributed by atoms with van der Waals surface area (Å²) in [5, 5.41) is 3.38. The minimum atomic E-state index is -3.59. The maximum atomic E-state index is 13.3. The van der Waals surface area contributed by atoms with Crippen LogP contribution < -0.4 is 0 Å². The Kier molecular flexibility index (Phi) is 8.20. The quantitative estimate of drug-likeness (QED) is 0.281. The van der Waals surface area contributed by atoms with Gasteiger partial charge in [0, 0.05) is 45.0 Å². The highest BCUT2D eigenvalue weighted by molar-refractivity contribution is 7.98. The first kappa shape index (κ1) is 26.7. The molecule has 206 valence electrons. The van der Waals surface area contributed by atoms with Gasteiger partial charge in [0.25, 0.3) is 0 Å².